The number of rotatable bonds is 5. The minimum atomic E-state index is -1.43. The molecule has 104 valence electrons. The smallest absolute Gasteiger partial charge is 0.328 e. The standard InChI is InChI=1S/C11H12F2N2O4/c12-7-2-1-6(3-8(7)13)4-14-11(19)15-9(5-16)10(17)18/h1-3,9,16H,4-5H2,(H,17,18)(H2,14,15,19). The Morgan fingerprint density at radius 2 is 1.95 bits per heavy atom. The molecule has 8 heteroatoms. The molecule has 1 unspecified atom stereocenters. The Morgan fingerprint density at radius 3 is 2.47 bits per heavy atom. The summed E-state index contributed by atoms with van der Waals surface area (Å²) < 4.78 is 25.5. The number of aliphatic hydroxyl groups excluding tert-OH is 1. The first-order chi connectivity index (χ1) is 8.93. The van der Waals surface area contributed by atoms with Crippen molar-refractivity contribution in [2.45, 2.75) is 12.6 Å². The first kappa shape index (κ1) is 14.8. The van der Waals surface area contributed by atoms with E-state index in [-0.39, 0.29) is 6.54 Å². The van der Waals surface area contributed by atoms with Gasteiger partial charge < -0.3 is 20.8 Å². The van der Waals surface area contributed by atoms with Crippen LogP contribution in [0.15, 0.2) is 18.2 Å². The van der Waals surface area contributed by atoms with Crippen molar-refractivity contribution in [2.75, 3.05) is 6.61 Å². The van der Waals surface area contributed by atoms with E-state index in [4.69, 9.17) is 10.2 Å². The van der Waals surface area contributed by atoms with E-state index >= 15 is 0 Å². The topological polar surface area (TPSA) is 98.7 Å². The second-order valence-electron chi connectivity index (χ2n) is 3.65. The van der Waals surface area contributed by atoms with E-state index in [1.54, 1.807) is 0 Å². The van der Waals surface area contributed by atoms with Gasteiger partial charge in [0, 0.05) is 6.54 Å². The Balaban J connectivity index is 2.49. The molecular formula is C11H12F2N2O4. The zero-order chi connectivity index (χ0) is 14.4. The van der Waals surface area contributed by atoms with Gasteiger partial charge in [-0.25, -0.2) is 18.4 Å². The number of hydrogen-bond donors (Lipinski definition) is 4. The van der Waals surface area contributed by atoms with Crippen LogP contribution in [0.1, 0.15) is 5.56 Å². The normalized spacial score (nSPS) is 11.7. The van der Waals surface area contributed by atoms with Crippen LogP contribution < -0.4 is 10.6 Å². The largest absolute Gasteiger partial charge is 0.480 e. The molecule has 0 saturated heterocycles. The molecule has 4 N–H and O–H groups in total. The van der Waals surface area contributed by atoms with Gasteiger partial charge in [0.25, 0.3) is 0 Å². The Morgan fingerprint density at radius 1 is 1.26 bits per heavy atom. The van der Waals surface area contributed by atoms with Gasteiger partial charge in [-0.3, -0.25) is 0 Å². The summed E-state index contributed by atoms with van der Waals surface area (Å²) in [5.74, 6) is -3.43. The fourth-order valence-electron chi connectivity index (χ4n) is 1.23. The average Bonchev–Trinajstić information content (AvgIpc) is 2.37. The van der Waals surface area contributed by atoms with Crippen LogP contribution in [0.5, 0.6) is 0 Å². The van der Waals surface area contributed by atoms with E-state index in [0.29, 0.717) is 5.56 Å². The Hall–Kier alpha value is -2.22. The molecule has 1 aromatic rings. The van der Waals surface area contributed by atoms with Crippen LogP contribution in [0.3, 0.4) is 0 Å². The molecule has 1 atom stereocenters. The lowest BCUT2D eigenvalue weighted by Gasteiger charge is -2.12. The number of urea groups is 1. The highest BCUT2D eigenvalue weighted by molar-refractivity contribution is 5.82. The maximum absolute atomic E-state index is 12.9. The van der Waals surface area contributed by atoms with Crippen LogP contribution in [-0.2, 0) is 11.3 Å². The van der Waals surface area contributed by atoms with E-state index < -0.39 is 36.3 Å². The third-order valence-corrected chi connectivity index (χ3v) is 2.22. The number of carbonyl (C=O) groups is 2. The SMILES string of the molecule is O=C(NCc1ccc(F)c(F)c1)NC(CO)C(=O)O. The third-order valence-electron chi connectivity index (χ3n) is 2.22. The molecule has 19 heavy (non-hydrogen) atoms. The summed E-state index contributed by atoms with van der Waals surface area (Å²) in [6, 6.07) is 0.837. The fraction of sp³-hybridized carbons (Fsp3) is 0.273. The van der Waals surface area contributed by atoms with E-state index in [0.717, 1.165) is 12.1 Å². The minimum Gasteiger partial charge on any atom is -0.480 e. The van der Waals surface area contributed by atoms with Crippen LogP contribution in [0.2, 0.25) is 0 Å². The molecule has 0 fully saturated rings. The second-order valence-corrected chi connectivity index (χ2v) is 3.65. The van der Waals surface area contributed by atoms with Gasteiger partial charge in [0.05, 0.1) is 6.61 Å². The van der Waals surface area contributed by atoms with Crippen LogP contribution in [0.4, 0.5) is 13.6 Å². The highest BCUT2D eigenvalue weighted by Crippen LogP contribution is 2.08. The van der Waals surface area contributed by atoms with Crippen molar-refractivity contribution in [3.8, 4) is 0 Å². The summed E-state index contributed by atoms with van der Waals surface area (Å²) in [6.45, 7) is -0.866. The zero-order valence-corrected chi connectivity index (χ0v) is 9.69. The van der Waals surface area contributed by atoms with Gasteiger partial charge in [0.1, 0.15) is 0 Å². The molecule has 1 aromatic carbocycles. The quantitative estimate of drug-likeness (QED) is 0.617. The Kier molecular flexibility index (Phi) is 5.19. The van der Waals surface area contributed by atoms with Gasteiger partial charge in [-0.05, 0) is 17.7 Å². The van der Waals surface area contributed by atoms with Crippen molar-refractivity contribution in [3.05, 3.63) is 35.4 Å². The molecular weight excluding hydrogens is 262 g/mol. The minimum absolute atomic E-state index is 0.110. The molecule has 0 spiro atoms. The van der Waals surface area contributed by atoms with E-state index in [2.05, 4.69) is 5.32 Å². The number of hydrogen-bond acceptors (Lipinski definition) is 3. The molecule has 1 rings (SSSR count). The number of aliphatic carboxylic acids is 1. The number of nitrogens with one attached hydrogen (secondary N) is 2. The van der Waals surface area contributed by atoms with Crippen molar-refractivity contribution in [1.29, 1.82) is 0 Å². The summed E-state index contributed by atoms with van der Waals surface area (Å²) in [6.07, 6.45) is 0. The van der Waals surface area contributed by atoms with Gasteiger partial charge in [0.2, 0.25) is 0 Å². The Labute approximate surface area is 107 Å². The lowest BCUT2D eigenvalue weighted by atomic mass is 10.2. The number of aliphatic hydroxyl groups is 1. The molecule has 0 aliphatic heterocycles. The number of halogens is 2. The fourth-order valence-corrected chi connectivity index (χ4v) is 1.23. The molecule has 0 heterocycles. The number of amides is 2. The first-order valence-corrected chi connectivity index (χ1v) is 5.26. The summed E-state index contributed by atoms with van der Waals surface area (Å²) in [4.78, 5) is 21.8. The number of carboxylic acids is 1. The molecule has 0 bridgehead atoms. The van der Waals surface area contributed by atoms with Gasteiger partial charge in [-0.2, -0.15) is 0 Å². The monoisotopic (exact) mass is 274 g/mol. The lowest BCUT2D eigenvalue weighted by molar-refractivity contribution is -0.140. The van der Waals surface area contributed by atoms with Crippen LogP contribution in [0, 0.1) is 11.6 Å². The van der Waals surface area contributed by atoms with E-state index in [9.17, 15) is 18.4 Å². The van der Waals surface area contributed by atoms with Crippen LogP contribution in [0.25, 0.3) is 0 Å². The molecule has 0 aliphatic carbocycles. The summed E-state index contributed by atoms with van der Waals surface area (Å²) in [5, 5.41) is 21.5. The highest BCUT2D eigenvalue weighted by atomic mass is 19.2. The van der Waals surface area contributed by atoms with E-state index in [1.165, 1.54) is 6.07 Å². The van der Waals surface area contributed by atoms with Crippen LogP contribution in [-0.4, -0.2) is 34.9 Å². The third kappa shape index (κ3) is 4.51. The lowest BCUT2D eigenvalue weighted by Crippen LogP contribution is -2.47. The maximum Gasteiger partial charge on any atom is 0.328 e. The maximum atomic E-state index is 12.9. The molecule has 0 aliphatic rings. The predicted octanol–water partition coefficient (Wildman–Crippen LogP) is 0.210. The Bertz CT molecular complexity index is 482. The molecule has 6 nitrogen and oxygen atoms in total. The number of carbonyl (C=O) groups excluding carboxylic acids is 1. The summed E-state index contributed by atoms with van der Waals surface area (Å²) in [7, 11) is 0. The van der Waals surface area contributed by atoms with Gasteiger partial charge in [0.15, 0.2) is 17.7 Å². The average molecular weight is 274 g/mol. The van der Waals surface area contributed by atoms with Crippen molar-refractivity contribution < 1.29 is 28.6 Å². The molecule has 2 amide bonds. The van der Waals surface area contributed by atoms with Crippen molar-refractivity contribution in [2.24, 2.45) is 0 Å². The van der Waals surface area contributed by atoms with Gasteiger partial charge in [-0.15, -0.1) is 0 Å². The summed E-state index contributed by atoms with van der Waals surface area (Å²) >= 11 is 0. The number of carboxylic acid groups (broad SMARTS) is 1. The highest BCUT2D eigenvalue weighted by Gasteiger charge is 2.18. The molecule has 0 aromatic heterocycles. The molecule has 0 radical (unpaired) electrons. The van der Waals surface area contributed by atoms with Gasteiger partial charge >= 0.3 is 12.0 Å². The summed E-state index contributed by atoms with van der Waals surface area (Å²) in [5.41, 5.74) is 0.310. The van der Waals surface area contributed by atoms with Crippen LogP contribution >= 0.6 is 0 Å². The van der Waals surface area contributed by atoms with Gasteiger partial charge in [-0.1, -0.05) is 6.07 Å². The van der Waals surface area contributed by atoms with Crippen molar-refractivity contribution >= 4 is 12.0 Å². The molecule has 0 saturated carbocycles. The first-order valence-electron chi connectivity index (χ1n) is 5.26. The van der Waals surface area contributed by atoms with Crippen molar-refractivity contribution in [3.63, 3.8) is 0 Å². The van der Waals surface area contributed by atoms with Crippen molar-refractivity contribution in [1.82, 2.24) is 10.6 Å². The second kappa shape index (κ2) is 6.64. The van der Waals surface area contributed by atoms with E-state index in [1.807, 2.05) is 5.32 Å². The zero-order valence-electron chi connectivity index (χ0n) is 9.69. The number of benzene rings is 1. The predicted molar refractivity (Wildman–Crippen MR) is 60.2 cm³/mol.